The number of hydrogen-bond acceptors (Lipinski definition) is 3. The molecule has 0 saturated carbocycles. The molecule has 5 heteroatoms. The Morgan fingerprint density at radius 1 is 1.40 bits per heavy atom. The van der Waals surface area contributed by atoms with Crippen LogP contribution in [-0.2, 0) is 6.54 Å². The zero-order valence-electron chi connectivity index (χ0n) is 12.3. The molecular weight excluding hydrogens is 259 g/mol. The summed E-state index contributed by atoms with van der Waals surface area (Å²) in [6, 6.07) is 4.08. The van der Waals surface area contributed by atoms with Gasteiger partial charge in [0.15, 0.2) is 0 Å². The van der Waals surface area contributed by atoms with Gasteiger partial charge >= 0.3 is 5.97 Å². The van der Waals surface area contributed by atoms with Crippen molar-refractivity contribution in [2.75, 3.05) is 19.6 Å². The maximum Gasteiger partial charge on any atom is 0.335 e. The van der Waals surface area contributed by atoms with Crippen LogP contribution in [0.2, 0.25) is 0 Å². The summed E-state index contributed by atoms with van der Waals surface area (Å²) in [6.45, 7) is 9.41. The van der Waals surface area contributed by atoms with Gasteiger partial charge in [-0.1, -0.05) is 13.8 Å². The first kappa shape index (κ1) is 16.6. The molecule has 1 aromatic carbocycles. The summed E-state index contributed by atoms with van der Waals surface area (Å²) in [5, 5.41) is 12.1. The van der Waals surface area contributed by atoms with Crippen molar-refractivity contribution < 1.29 is 14.3 Å². The third kappa shape index (κ3) is 4.90. The van der Waals surface area contributed by atoms with Crippen molar-refractivity contribution in [1.29, 1.82) is 0 Å². The fraction of sp³-hybridized carbons (Fsp3) is 0.533. The molecule has 0 radical (unpaired) electrons. The Kier molecular flexibility index (Phi) is 6.61. The summed E-state index contributed by atoms with van der Waals surface area (Å²) < 4.78 is 13.6. The molecule has 1 unspecified atom stereocenters. The predicted octanol–water partition coefficient (Wildman–Crippen LogP) is 2.34. The van der Waals surface area contributed by atoms with E-state index in [0.29, 0.717) is 12.1 Å². The Hall–Kier alpha value is -1.46. The van der Waals surface area contributed by atoms with Crippen LogP contribution in [0.4, 0.5) is 4.39 Å². The van der Waals surface area contributed by atoms with Crippen molar-refractivity contribution in [2.24, 2.45) is 0 Å². The summed E-state index contributed by atoms with van der Waals surface area (Å²) in [5.74, 6) is -1.42. The van der Waals surface area contributed by atoms with Crippen molar-refractivity contribution in [3.8, 4) is 0 Å². The van der Waals surface area contributed by atoms with Crippen molar-refractivity contribution in [2.45, 2.75) is 33.4 Å². The van der Waals surface area contributed by atoms with Crippen LogP contribution >= 0.6 is 0 Å². The molecule has 0 heterocycles. The van der Waals surface area contributed by atoms with Crippen LogP contribution in [0, 0.1) is 5.82 Å². The van der Waals surface area contributed by atoms with Gasteiger partial charge in [-0.05, 0) is 38.2 Å². The molecule has 0 bridgehead atoms. The summed E-state index contributed by atoms with van der Waals surface area (Å²) in [4.78, 5) is 13.2. The molecule has 4 nitrogen and oxygen atoms in total. The smallest absolute Gasteiger partial charge is 0.335 e. The van der Waals surface area contributed by atoms with Crippen LogP contribution < -0.4 is 5.32 Å². The summed E-state index contributed by atoms with van der Waals surface area (Å²) in [5.41, 5.74) is 0.496. The number of carboxylic acids is 1. The molecule has 20 heavy (non-hydrogen) atoms. The minimum Gasteiger partial charge on any atom is -0.478 e. The van der Waals surface area contributed by atoms with Gasteiger partial charge in [0, 0.05) is 24.7 Å². The van der Waals surface area contributed by atoms with E-state index in [1.807, 2.05) is 6.92 Å². The SMILES string of the molecule is CCN(CC)CC(C)NCc1cc(C(=O)O)ccc1F. The molecule has 0 aliphatic rings. The van der Waals surface area contributed by atoms with Gasteiger partial charge in [-0.3, -0.25) is 0 Å². The number of hydrogen-bond donors (Lipinski definition) is 2. The maximum atomic E-state index is 13.6. The van der Waals surface area contributed by atoms with Gasteiger partial charge in [0.05, 0.1) is 5.56 Å². The third-order valence-electron chi connectivity index (χ3n) is 3.36. The number of carboxylic acid groups (broad SMARTS) is 1. The quantitative estimate of drug-likeness (QED) is 0.768. The van der Waals surface area contributed by atoms with Crippen molar-refractivity contribution >= 4 is 5.97 Å². The molecule has 112 valence electrons. The van der Waals surface area contributed by atoms with Gasteiger partial charge in [0.1, 0.15) is 5.82 Å². The number of nitrogens with one attached hydrogen (secondary N) is 1. The first-order chi connectivity index (χ1) is 9.47. The highest BCUT2D eigenvalue weighted by Crippen LogP contribution is 2.11. The summed E-state index contributed by atoms with van der Waals surface area (Å²) in [7, 11) is 0. The molecule has 0 spiro atoms. The molecule has 0 fully saturated rings. The molecule has 1 aromatic rings. The zero-order valence-corrected chi connectivity index (χ0v) is 12.3. The van der Waals surface area contributed by atoms with Gasteiger partial charge in [-0.25, -0.2) is 9.18 Å². The first-order valence-corrected chi connectivity index (χ1v) is 6.95. The van der Waals surface area contributed by atoms with Crippen LogP contribution in [0.1, 0.15) is 36.7 Å². The Balaban J connectivity index is 2.60. The van der Waals surface area contributed by atoms with Crippen LogP contribution in [0.3, 0.4) is 0 Å². The van der Waals surface area contributed by atoms with Gasteiger partial charge < -0.3 is 15.3 Å². The first-order valence-electron chi connectivity index (χ1n) is 6.95. The van der Waals surface area contributed by atoms with Gasteiger partial charge in [-0.15, -0.1) is 0 Å². The lowest BCUT2D eigenvalue weighted by atomic mass is 10.1. The van der Waals surface area contributed by atoms with E-state index in [0.717, 1.165) is 19.6 Å². The van der Waals surface area contributed by atoms with Crippen molar-refractivity contribution in [1.82, 2.24) is 10.2 Å². The summed E-state index contributed by atoms with van der Waals surface area (Å²) in [6.07, 6.45) is 0. The number of likely N-dealkylation sites (N-methyl/N-ethyl adjacent to an activating group) is 1. The molecule has 1 rings (SSSR count). The lowest BCUT2D eigenvalue weighted by Crippen LogP contribution is -2.38. The highest BCUT2D eigenvalue weighted by atomic mass is 19.1. The fourth-order valence-electron chi connectivity index (χ4n) is 2.06. The average Bonchev–Trinajstić information content (AvgIpc) is 2.43. The Morgan fingerprint density at radius 3 is 2.60 bits per heavy atom. The Morgan fingerprint density at radius 2 is 2.05 bits per heavy atom. The van der Waals surface area contributed by atoms with Crippen LogP contribution in [0.25, 0.3) is 0 Å². The predicted molar refractivity (Wildman–Crippen MR) is 77.4 cm³/mol. The number of benzene rings is 1. The number of nitrogens with zero attached hydrogens (tertiary/aromatic N) is 1. The van der Waals surface area contributed by atoms with E-state index >= 15 is 0 Å². The second kappa shape index (κ2) is 7.97. The number of aromatic carboxylic acids is 1. The Labute approximate surface area is 119 Å². The maximum absolute atomic E-state index is 13.6. The van der Waals surface area contributed by atoms with Crippen LogP contribution in [0.15, 0.2) is 18.2 Å². The molecule has 0 aliphatic heterocycles. The highest BCUT2D eigenvalue weighted by Gasteiger charge is 2.11. The van der Waals surface area contributed by atoms with Gasteiger partial charge in [0.2, 0.25) is 0 Å². The van der Waals surface area contributed by atoms with E-state index < -0.39 is 5.97 Å². The topological polar surface area (TPSA) is 52.6 Å². The second-order valence-electron chi connectivity index (χ2n) is 4.88. The average molecular weight is 282 g/mol. The molecule has 0 aromatic heterocycles. The van der Waals surface area contributed by atoms with E-state index in [-0.39, 0.29) is 17.4 Å². The minimum atomic E-state index is -1.04. The van der Waals surface area contributed by atoms with E-state index in [4.69, 9.17) is 5.11 Å². The molecule has 1 atom stereocenters. The lowest BCUT2D eigenvalue weighted by molar-refractivity contribution is 0.0696. The molecule has 0 aliphatic carbocycles. The van der Waals surface area contributed by atoms with Crippen molar-refractivity contribution in [3.05, 3.63) is 35.1 Å². The van der Waals surface area contributed by atoms with E-state index in [1.54, 1.807) is 0 Å². The molecule has 2 N–H and O–H groups in total. The highest BCUT2D eigenvalue weighted by molar-refractivity contribution is 5.87. The number of rotatable bonds is 8. The third-order valence-corrected chi connectivity index (χ3v) is 3.36. The second-order valence-corrected chi connectivity index (χ2v) is 4.88. The summed E-state index contributed by atoms with van der Waals surface area (Å²) >= 11 is 0. The monoisotopic (exact) mass is 282 g/mol. The van der Waals surface area contributed by atoms with Crippen molar-refractivity contribution in [3.63, 3.8) is 0 Å². The van der Waals surface area contributed by atoms with Gasteiger partial charge in [-0.2, -0.15) is 0 Å². The van der Waals surface area contributed by atoms with E-state index in [9.17, 15) is 9.18 Å². The van der Waals surface area contributed by atoms with Gasteiger partial charge in [0.25, 0.3) is 0 Å². The van der Waals surface area contributed by atoms with Crippen LogP contribution in [-0.4, -0.2) is 41.7 Å². The molecule has 0 amide bonds. The normalized spacial score (nSPS) is 12.7. The molecular formula is C15H23FN2O2. The number of carbonyl (C=O) groups is 1. The van der Waals surface area contributed by atoms with E-state index in [2.05, 4.69) is 24.1 Å². The van der Waals surface area contributed by atoms with E-state index in [1.165, 1.54) is 18.2 Å². The van der Waals surface area contributed by atoms with Crippen LogP contribution in [0.5, 0.6) is 0 Å². The largest absolute Gasteiger partial charge is 0.478 e. The lowest BCUT2D eigenvalue weighted by Gasteiger charge is -2.23. The number of halogens is 1. The Bertz CT molecular complexity index is 447. The minimum absolute atomic E-state index is 0.111. The standard InChI is InChI=1S/C15H23FN2O2/c1-4-18(5-2)10-11(3)17-9-13-8-12(15(19)20)6-7-14(13)16/h6-8,11,17H,4-5,9-10H2,1-3H3,(H,19,20). The fourth-order valence-corrected chi connectivity index (χ4v) is 2.06. The zero-order chi connectivity index (χ0) is 15.1. The molecule has 0 saturated heterocycles.